The van der Waals surface area contributed by atoms with Crippen LogP contribution in [0.15, 0.2) is 42.7 Å². The molecule has 112 valence electrons. The van der Waals surface area contributed by atoms with Crippen molar-refractivity contribution in [1.29, 1.82) is 0 Å². The second-order valence-electron chi connectivity index (χ2n) is 5.20. The summed E-state index contributed by atoms with van der Waals surface area (Å²) in [5.41, 5.74) is 7.81. The van der Waals surface area contributed by atoms with Crippen molar-refractivity contribution in [1.82, 2.24) is 9.78 Å². The van der Waals surface area contributed by atoms with E-state index >= 15 is 0 Å². The van der Waals surface area contributed by atoms with Crippen molar-refractivity contribution in [3.63, 3.8) is 0 Å². The molecule has 0 bridgehead atoms. The lowest BCUT2D eigenvalue weighted by molar-refractivity contribution is -0.116. The molecule has 5 heteroatoms. The van der Waals surface area contributed by atoms with Crippen molar-refractivity contribution >= 4 is 11.6 Å². The highest BCUT2D eigenvalue weighted by Gasteiger charge is 2.08. The molecule has 0 radical (unpaired) electrons. The lowest BCUT2D eigenvalue weighted by atomic mass is 10.1. The minimum Gasteiger partial charge on any atom is -0.327 e. The van der Waals surface area contributed by atoms with Gasteiger partial charge in [0.25, 0.3) is 0 Å². The van der Waals surface area contributed by atoms with Crippen molar-refractivity contribution in [3.05, 3.63) is 48.3 Å². The minimum absolute atomic E-state index is 0.0317. The molecule has 21 heavy (non-hydrogen) atoms. The van der Waals surface area contributed by atoms with E-state index in [0.29, 0.717) is 6.42 Å². The standard InChI is InChI=1S/C16H22N4O/c1-2-4-14(17)11-16(21)19-15-7-5-13(6-8-15)12-20-10-3-9-18-20/h3,5-10,14H,2,4,11-12,17H2,1H3,(H,19,21). The van der Waals surface area contributed by atoms with E-state index in [1.165, 1.54) is 0 Å². The van der Waals surface area contributed by atoms with Crippen LogP contribution in [0.4, 0.5) is 5.69 Å². The smallest absolute Gasteiger partial charge is 0.225 e. The van der Waals surface area contributed by atoms with Crippen LogP contribution >= 0.6 is 0 Å². The molecular weight excluding hydrogens is 264 g/mol. The highest BCUT2D eigenvalue weighted by Crippen LogP contribution is 2.11. The molecule has 2 rings (SSSR count). The van der Waals surface area contributed by atoms with E-state index in [4.69, 9.17) is 5.73 Å². The first-order chi connectivity index (χ1) is 10.2. The summed E-state index contributed by atoms with van der Waals surface area (Å²) in [6, 6.07) is 9.62. The van der Waals surface area contributed by atoms with Crippen LogP contribution in [-0.2, 0) is 11.3 Å². The predicted octanol–water partition coefficient (Wildman–Crippen LogP) is 2.39. The fourth-order valence-corrected chi connectivity index (χ4v) is 2.20. The number of aromatic nitrogens is 2. The van der Waals surface area contributed by atoms with Gasteiger partial charge in [0, 0.05) is 30.5 Å². The average molecular weight is 286 g/mol. The van der Waals surface area contributed by atoms with Gasteiger partial charge in [0.15, 0.2) is 0 Å². The first kappa shape index (κ1) is 15.3. The summed E-state index contributed by atoms with van der Waals surface area (Å²) >= 11 is 0. The average Bonchev–Trinajstić information content (AvgIpc) is 2.94. The number of anilines is 1. The molecule has 0 aliphatic rings. The molecule has 1 aromatic heterocycles. The third-order valence-electron chi connectivity index (χ3n) is 3.25. The van der Waals surface area contributed by atoms with Crippen LogP contribution in [0, 0.1) is 0 Å². The van der Waals surface area contributed by atoms with Crippen molar-refractivity contribution in [2.45, 2.75) is 38.8 Å². The Morgan fingerprint density at radius 1 is 1.38 bits per heavy atom. The van der Waals surface area contributed by atoms with Gasteiger partial charge in [-0.3, -0.25) is 9.48 Å². The Morgan fingerprint density at radius 3 is 2.76 bits per heavy atom. The Balaban J connectivity index is 1.86. The van der Waals surface area contributed by atoms with Gasteiger partial charge in [0.05, 0.1) is 6.54 Å². The zero-order chi connectivity index (χ0) is 15.1. The number of benzene rings is 1. The molecule has 0 aliphatic carbocycles. The van der Waals surface area contributed by atoms with E-state index in [1.54, 1.807) is 6.20 Å². The minimum atomic E-state index is -0.0610. The molecule has 1 atom stereocenters. The fourth-order valence-electron chi connectivity index (χ4n) is 2.20. The molecule has 3 N–H and O–H groups in total. The van der Waals surface area contributed by atoms with Gasteiger partial charge in [-0.2, -0.15) is 5.10 Å². The Bertz CT molecular complexity index is 548. The molecular formula is C16H22N4O. The molecule has 1 unspecified atom stereocenters. The number of amides is 1. The van der Waals surface area contributed by atoms with Gasteiger partial charge in [-0.25, -0.2) is 0 Å². The van der Waals surface area contributed by atoms with E-state index in [9.17, 15) is 4.79 Å². The highest BCUT2D eigenvalue weighted by molar-refractivity contribution is 5.91. The van der Waals surface area contributed by atoms with Crippen LogP contribution in [0.3, 0.4) is 0 Å². The summed E-state index contributed by atoms with van der Waals surface area (Å²) in [5, 5.41) is 7.04. The summed E-state index contributed by atoms with van der Waals surface area (Å²) in [4.78, 5) is 11.8. The van der Waals surface area contributed by atoms with Gasteiger partial charge in [0.2, 0.25) is 5.91 Å². The van der Waals surface area contributed by atoms with Gasteiger partial charge >= 0.3 is 0 Å². The van der Waals surface area contributed by atoms with Crippen LogP contribution in [-0.4, -0.2) is 21.7 Å². The summed E-state index contributed by atoms with van der Waals surface area (Å²) in [6.07, 6.45) is 5.91. The summed E-state index contributed by atoms with van der Waals surface area (Å²) < 4.78 is 1.86. The van der Waals surface area contributed by atoms with Gasteiger partial charge < -0.3 is 11.1 Å². The third kappa shape index (κ3) is 5.04. The second kappa shape index (κ2) is 7.59. The highest BCUT2D eigenvalue weighted by atomic mass is 16.1. The summed E-state index contributed by atoms with van der Waals surface area (Å²) in [5.74, 6) is -0.0317. The van der Waals surface area contributed by atoms with E-state index in [2.05, 4.69) is 17.3 Å². The Morgan fingerprint density at radius 2 is 2.14 bits per heavy atom. The SMILES string of the molecule is CCCC(N)CC(=O)Nc1ccc(Cn2cccn2)cc1. The Kier molecular flexibility index (Phi) is 5.51. The van der Waals surface area contributed by atoms with E-state index < -0.39 is 0 Å². The van der Waals surface area contributed by atoms with Gasteiger partial charge in [-0.1, -0.05) is 25.5 Å². The zero-order valence-corrected chi connectivity index (χ0v) is 12.3. The number of nitrogens with zero attached hydrogens (tertiary/aromatic N) is 2. The molecule has 0 saturated heterocycles. The van der Waals surface area contributed by atoms with Gasteiger partial charge in [-0.05, 0) is 30.2 Å². The summed E-state index contributed by atoms with van der Waals surface area (Å²) in [7, 11) is 0. The second-order valence-corrected chi connectivity index (χ2v) is 5.20. The monoisotopic (exact) mass is 286 g/mol. The first-order valence-corrected chi connectivity index (χ1v) is 7.29. The number of carbonyl (C=O) groups excluding carboxylic acids is 1. The predicted molar refractivity (Wildman–Crippen MR) is 83.9 cm³/mol. The normalized spacial score (nSPS) is 12.1. The molecule has 0 saturated carbocycles. The van der Waals surface area contributed by atoms with Crippen molar-refractivity contribution < 1.29 is 4.79 Å². The molecule has 1 aromatic carbocycles. The molecule has 0 fully saturated rings. The quantitative estimate of drug-likeness (QED) is 0.820. The number of hydrogen-bond acceptors (Lipinski definition) is 3. The van der Waals surface area contributed by atoms with Crippen molar-refractivity contribution in [2.24, 2.45) is 5.73 Å². The maximum atomic E-state index is 11.8. The van der Waals surface area contributed by atoms with Gasteiger partial charge in [-0.15, -0.1) is 0 Å². The van der Waals surface area contributed by atoms with Crippen LogP contribution in [0.1, 0.15) is 31.7 Å². The van der Waals surface area contributed by atoms with Crippen molar-refractivity contribution in [3.8, 4) is 0 Å². The molecule has 0 aliphatic heterocycles. The molecule has 1 amide bonds. The molecule has 5 nitrogen and oxygen atoms in total. The Hall–Kier alpha value is -2.14. The largest absolute Gasteiger partial charge is 0.327 e. The maximum absolute atomic E-state index is 11.8. The lowest BCUT2D eigenvalue weighted by Gasteiger charge is -2.11. The number of hydrogen-bond donors (Lipinski definition) is 2. The van der Waals surface area contributed by atoms with E-state index in [-0.39, 0.29) is 11.9 Å². The third-order valence-corrected chi connectivity index (χ3v) is 3.25. The first-order valence-electron chi connectivity index (χ1n) is 7.29. The number of carbonyl (C=O) groups is 1. The van der Waals surface area contributed by atoms with E-state index in [0.717, 1.165) is 30.6 Å². The molecule has 2 aromatic rings. The number of nitrogens with one attached hydrogen (secondary N) is 1. The van der Waals surface area contributed by atoms with Gasteiger partial charge in [0.1, 0.15) is 0 Å². The van der Waals surface area contributed by atoms with E-state index in [1.807, 2.05) is 41.2 Å². The van der Waals surface area contributed by atoms with Crippen LogP contribution in [0.2, 0.25) is 0 Å². The summed E-state index contributed by atoms with van der Waals surface area (Å²) in [6.45, 7) is 2.79. The molecule has 0 spiro atoms. The van der Waals surface area contributed by atoms with Crippen LogP contribution in [0.5, 0.6) is 0 Å². The van der Waals surface area contributed by atoms with Crippen LogP contribution < -0.4 is 11.1 Å². The number of nitrogens with two attached hydrogens (primary N) is 1. The number of rotatable bonds is 7. The molecule has 1 heterocycles. The fraction of sp³-hybridized carbons (Fsp3) is 0.375. The van der Waals surface area contributed by atoms with Crippen LogP contribution in [0.25, 0.3) is 0 Å². The van der Waals surface area contributed by atoms with Crippen molar-refractivity contribution in [2.75, 3.05) is 5.32 Å². The topological polar surface area (TPSA) is 72.9 Å². The zero-order valence-electron chi connectivity index (χ0n) is 12.3. The maximum Gasteiger partial charge on any atom is 0.225 e. The Labute approximate surface area is 125 Å². The lowest BCUT2D eigenvalue weighted by Crippen LogP contribution is -2.26.